The Morgan fingerprint density at radius 1 is 1.27 bits per heavy atom. The van der Waals surface area contributed by atoms with Crippen molar-refractivity contribution in [1.29, 1.82) is 0 Å². The minimum atomic E-state index is -1.03. The molecular formula is C20H30FN3O2. The second-order valence-corrected chi connectivity index (χ2v) is 7.52. The van der Waals surface area contributed by atoms with E-state index in [9.17, 15) is 9.18 Å². The van der Waals surface area contributed by atoms with Gasteiger partial charge in [0.1, 0.15) is 12.3 Å². The van der Waals surface area contributed by atoms with Crippen molar-refractivity contribution < 1.29 is 13.9 Å². The molecule has 1 N–H and O–H groups in total. The third-order valence-corrected chi connectivity index (χ3v) is 5.58. The molecule has 144 valence electrons. The molecule has 0 unspecified atom stereocenters. The van der Waals surface area contributed by atoms with Gasteiger partial charge in [0.25, 0.3) is 0 Å². The van der Waals surface area contributed by atoms with Crippen LogP contribution in [0.15, 0.2) is 30.3 Å². The van der Waals surface area contributed by atoms with Crippen LogP contribution in [0.1, 0.15) is 31.7 Å². The van der Waals surface area contributed by atoms with Crippen LogP contribution in [0.3, 0.4) is 0 Å². The first-order chi connectivity index (χ1) is 12.6. The summed E-state index contributed by atoms with van der Waals surface area (Å²) in [5.41, 5.74) is -0.0424. The number of hydrogen-bond donors (Lipinski definition) is 1. The Balaban J connectivity index is 1.42. The fourth-order valence-corrected chi connectivity index (χ4v) is 3.77. The molecule has 3 rings (SSSR count). The van der Waals surface area contributed by atoms with E-state index in [1.54, 1.807) is 4.90 Å². The van der Waals surface area contributed by atoms with E-state index in [1.807, 2.05) is 30.3 Å². The number of benzene rings is 1. The van der Waals surface area contributed by atoms with E-state index in [-0.39, 0.29) is 12.1 Å². The van der Waals surface area contributed by atoms with E-state index in [1.165, 1.54) is 0 Å². The van der Waals surface area contributed by atoms with E-state index in [2.05, 4.69) is 17.1 Å². The van der Waals surface area contributed by atoms with E-state index in [0.717, 1.165) is 31.7 Å². The average molecular weight is 363 g/mol. The zero-order valence-electron chi connectivity index (χ0n) is 15.6. The van der Waals surface area contributed by atoms with Gasteiger partial charge in [-0.2, -0.15) is 0 Å². The number of rotatable bonds is 5. The molecule has 1 atom stereocenters. The number of ether oxygens (including phenoxy) is 1. The standard InChI is InChI=1S/C20H30FN3O2/c1-17-15-24(19(25)26-16-18-5-3-2-4-6-18)14-13-23(17)12-9-20(21)7-10-22-11-8-20/h2-6,17,22H,7-16H2,1H3/t17-/m0/s1. The predicted molar refractivity (Wildman–Crippen MR) is 99.8 cm³/mol. The van der Waals surface area contributed by atoms with Crippen LogP contribution in [0.5, 0.6) is 0 Å². The van der Waals surface area contributed by atoms with Gasteiger partial charge in [-0.25, -0.2) is 9.18 Å². The number of carbonyl (C=O) groups excluding carboxylic acids is 1. The van der Waals surface area contributed by atoms with Crippen LogP contribution in [0.4, 0.5) is 9.18 Å². The number of piperidine rings is 1. The van der Waals surface area contributed by atoms with Crippen molar-refractivity contribution in [3.63, 3.8) is 0 Å². The fourth-order valence-electron chi connectivity index (χ4n) is 3.77. The van der Waals surface area contributed by atoms with Crippen molar-refractivity contribution in [3.8, 4) is 0 Å². The van der Waals surface area contributed by atoms with Crippen LogP contribution in [0.25, 0.3) is 0 Å². The maximum atomic E-state index is 14.8. The molecule has 2 aliphatic heterocycles. The number of halogens is 1. The van der Waals surface area contributed by atoms with Crippen molar-refractivity contribution in [2.45, 2.75) is 44.5 Å². The number of amides is 1. The summed E-state index contributed by atoms with van der Waals surface area (Å²) in [6.45, 7) is 6.74. The first-order valence-electron chi connectivity index (χ1n) is 9.65. The Morgan fingerprint density at radius 2 is 2.00 bits per heavy atom. The Labute approximate surface area is 155 Å². The van der Waals surface area contributed by atoms with Gasteiger partial charge in [-0.1, -0.05) is 30.3 Å². The average Bonchev–Trinajstić information content (AvgIpc) is 2.66. The molecule has 2 fully saturated rings. The first kappa shape index (κ1) is 19.1. The summed E-state index contributed by atoms with van der Waals surface area (Å²) in [5.74, 6) is 0. The lowest BCUT2D eigenvalue weighted by atomic mass is 9.90. The Morgan fingerprint density at radius 3 is 2.69 bits per heavy atom. The smallest absolute Gasteiger partial charge is 0.410 e. The number of nitrogens with one attached hydrogen (secondary N) is 1. The molecule has 6 heteroatoms. The molecule has 1 amide bonds. The van der Waals surface area contributed by atoms with Crippen molar-refractivity contribution in [2.75, 3.05) is 39.3 Å². The highest BCUT2D eigenvalue weighted by Gasteiger charge is 2.34. The topological polar surface area (TPSA) is 44.8 Å². The highest BCUT2D eigenvalue weighted by Crippen LogP contribution is 2.28. The molecular weight excluding hydrogens is 333 g/mol. The van der Waals surface area contributed by atoms with Crippen molar-refractivity contribution in [1.82, 2.24) is 15.1 Å². The van der Waals surface area contributed by atoms with E-state index < -0.39 is 5.67 Å². The van der Waals surface area contributed by atoms with Gasteiger partial charge in [-0.3, -0.25) is 4.90 Å². The summed E-state index contributed by atoms with van der Waals surface area (Å²) >= 11 is 0. The highest BCUT2D eigenvalue weighted by molar-refractivity contribution is 5.67. The van der Waals surface area contributed by atoms with Gasteiger partial charge >= 0.3 is 6.09 Å². The summed E-state index contributed by atoms with van der Waals surface area (Å²) in [5, 5.41) is 3.22. The van der Waals surface area contributed by atoms with Gasteiger partial charge in [0, 0.05) is 32.2 Å². The van der Waals surface area contributed by atoms with E-state index >= 15 is 0 Å². The number of piperazine rings is 1. The maximum Gasteiger partial charge on any atom is 0.410 e. The van der Waals surface area contributed by atoms with Crippen LogP contribution in [-0.2, 0) is 11.3 Å². The van der Waals surface area contributed by atoms with Crippen LogP contribution in [-0.4, -0.2) is 66.9 Å². The maximum absolute atomic E-state index is 14.8. The van der Waals surface area contributed by atoms with Crippen LogP contribution in [0, 0.1) is 0 Å². The molecule has 2 aliphatic rings. The number of alkyl halides is 1. The lowest BCUT2D eigenvalue weighted by Gasteiger charge is -2.41. The molecule has 0 aliphatic carbocycles. The van der Waals surface area contributed by atoms with Gasteiger partial charge < -0.3 is 15.0 Å². The van der Waals surface area contributed by atoms with Crippen molar-refractivity contribution in [2.24, 2.45) is 0 Å². The fraction of sp³-hybridized carbons (Fsp3) is 0.650. The molecule has 0 saturated carbocycles. The molecule has 0 radical (unpaired) electrons. The second kappa shape index (κ2) is 8.82. The number of nitrogens with zero attached hydrogens (tertiary/aromatic N) is 2. The molecule has 1 aromatic carbocycles. The molecule has 2 saturated heterocycles. The predicted octanol–water partition coefficient (Wildman–Crippen LogP) is 2.81. The van der Waals surface area contributed by atoms with Crippen LogP contribution >= 0.6 is 0 Å². The van der Waals surface area contributed by atoms with Gasteiger partial charge in [0.2, 0.25) is 0 Å². The van der Waals surface area contributed by atoms with Gasteiger partial charge in [0.15, 0.2) is 0 Å². The third-order valence-electron chi connectivity index (χ3n) is 5.58. The zero-order valence-corrected chi connectivity index (χ0v) is 15.6. The summed E-state index contributed by atoms with van der Waals surface area (Å²) in [6, 6.07) is 9.92. The lowest BCUT2D eigenvalue weighted by Crippen LogP contribution is -2.54. The quantitative estimate of drug-likeness (QED) is 0.874. The molecule has 0 bridgehead atoms. The third kappa shape index (κ3) is 5.17. The molecule has 0 aromatic heterocycles. The molecule has 2 heterocycles. The number of hydrogen-bond acceptors (Lipinski definition) is 4. The SMILES string of the molecule is C[C@H]1CN(C(=O)OCc2ccccc2)CCN1CCC1(F)CCNCC1. The molecule has 26 heavy (non-hydrogen) atoms. The summed E-state index contributed by atoms with van der Waals surface area (Å²) in [7, 11) is 0. The molecule has 0 spiro atoms. The van der Waals surface area contributed by atoms with Crippen LogP contribution < -0.4 is 5.32 Å². The minimum Gasteiger partial charge on any atom is -0.445 e. The number of carbonyl (C=O) groups is 1. The van der Waals surface area contributed by atoms with Gasteiger partial charge in [-0.05, 0) is 44.8 Å². The Bertz CT molecular complexity index is 578. The highest BCUT2D eigenvalue weighted by atomic mass is 19.1. The lowest BCUT2D eigenvalue weighted by molar-refractivity contribution is 0.0348. The Hall–Kier alpha value is -1.66. The van der Waals surface area contributed by atoms with Crippen LogP contribution in [0.2, 0.25) is 0 Å². The van der Waals surface area contributed by atoms with Gasteiger partial charge in [0.05, 0.1) is 0 Å². The normalized spacial score (nSPS) is 23.6. The Kier molecular flexibility index (Phi) is 6.48. The summed E-state index contributed by atoms with van der Waals surface area (Å²) in [6.07, 6.45) is 1.53. The minimum absolute atomic E-state index is 0.221. The molecule has 5 nitrogen and oxygen atoms in total. The summed E-state index contributed by atoms with van der Waals surface area (Å²) in [4.78, 5) is 16.4. The van der Waals surface area contributed by atoms with Crippen molar-refractivity contribution >= 4 is 6.09 Å². The first-order valence-corrected chi connectivity index (χ1v) is 9.65. The van der Waals surface area contributed by atoms with Crippen molar-refractivity contribution in [3.05, 3.63) is 35.9 Å². The monoisotopic (exact) mass is 363 g/mol. The van der Waals surface area contributed by atoms with Gasteiger partial charge in [-0.15, -0.1) is 0 Å². The summed E-state index contributed by atoms with van der Waals surface area (Å²) < 4.78 is 20.2. The largest absolute Gasteiger partial charge is 0.445 e. The van der Waals surface area contributed by atoms with E-state index in [0.29, 0.717) is 39.0 Å². The second-order valence-electron chi connectivity index (χ2n) is 7.52. The van der Waals surface area contributed by atoms with E-state index in [4.69, 9.17) is 4.74 Å². The molecule has 1 aromatic rings. The zero-order chi connectivity index (χ0) is 18.4.